The van der Waals surface area contributed by atoms with Crippen LogP contribution in [0.15, 0.2) is 41.4 Å². The number of hydrogen-bond donors (Lipinski definition) is 2. The van der Waals surface area contributed by atoms with Crippen LogP contribution in [-0.4, -0.2) is 21.5 Å². The van der Waals surface area contributed by atoms with E-state index in [1.54, 1.807) is 0 Å². The Balaban J connectivity index is 2.08. The van der Waals surface area contributed by atoms with Crippen molar-refractivity contribution in [1.82, 2.24) is 9.78 Å². The predicted octanol–water partition coefficient (Wildman–Crippen LogP) is 4.27. The smallest absolute Gasteiger partial charge is 0.341 e. The Morgan fingerprint density at radius 1 is 1.00 bits per heavy atom. The molecule has 1 aliphatic heterocycles. The second kappa shape index (κ2) is 6.09. The number of rotatable bonds is 1. The van der Waals surface area contributed by atoms with Gasteiger partial charge in [0.1, 0.15) is 5.69 Å². The number of carbonyl (C=O) groups is 1. The zero-order valence-electron chi connectivity index (χ0n) is 15.8. The fourth-order valence-corrected chi connectivity index (χ4v) is 3.38. The number of nitrogens with one attached hydrogen (secondary N) is 1. The van der Waals surface area contributed by atoms with Crippen LogP contribution in [0.4, 0.5) is 22.0 Å². The molecule has 0 saturated heterocycles. The van der Waals surface area contributed by atoms with Crippen LogP contribution in [0.1, 0.15) is 33.5 Å². The van der Waals surface area contributed by atoms with Gasteiger partial charge in [-0.25, -0.2) is 9.79 Å². The minimum atomic E-state index is -0.647. The van der Waals surface area contributed by atoms with Crippen molar-refractivity contribution in [2.75, 3.05) is 5.32 Å². The summed E-state index contributed by atoms with van der Waals surface area (Å²) in [6, 6.07) is 11.7. The molecule has 6 nitrogen and oxygen atoms in total. The van der Waals surface area contributed by atoms with E-state index in [4.69, 9.17) is 10.7 Å². The van der Waals surface area contributed by atoms with Gasteiger partial charge in [0.05, 0.1) is 11.4 Å². The maximum Gasteiger partial charge on any atom is 0.341 e. The molecule has 0 aliphatic carbocycles. The van der Waals surface area contributed by atoms with E-state index >= 15 is 0 Å². The van der Waals surface area contributed by atoms with Gasteiger partial charge < -0.3 is 11.1 Å². The molecule has 3 aromatic rings. The molecule has 1 amide bonds. The summed E-state index contributed by atoms with van der Waals surface area (Å²) in [5.74, 6) is 0.494. The Kier molecular flexibility index (Phi) is 3.84. The lowest BCUT2D eigenvalue weighted by Crippen LogP contribution is -2.22. The number of primary amides is 1. The van der Waals surface area contributed by atoms with E-state index in [9.17, 15) is 4.79 Å². The molecule has 136 valence electrons. The second-order valence-corrected chi connectivity index (χ2v) is 6.92. The maximum absolute atomic E-state index is 11.9. The predicted molar refractivity (Wildman–Crippen MR) is 108 cm³/mol. The third-order valence-corrected chi connectivity index (χ3v) is 5.00. The lowest BCUT2D eigenvalue weighted by atomic mass is 9.94. The molecule has 0 bridgehead atoms. The molecular formula is C21H21N5O. The SMILES string of the molecule is Cc1cc2c(cc1C)C(c1ccccc1C)=Nc1c(C)nn(C(N)=O)c1N2. The van der Waals surface area contributed by atoms with Crippen LogP contribution in [0.3, 0.4) is 0 Å². The standard InChI is InChI=1S/C21H21N5O/c1-11-7-5-6-8-15(11)19-16-9-12(2)13(3)10-17(16)23-20-18(24-19)14(4)25-26(20)21(22)27/h5-10,23H,1-4H3,(H2,22,27). The molecule has 6 heteroatoms. The van der Waals surface area contributed by atoms with Crippen LogP contribution in [0.25, 0.3) is 0 Å². The molecule has 0 saturated carbocycles. The van der Waals surface area contributed by atoms with Gasteiger partial charge in [0, 0.05) is 16.8 Å². The first-order valence-corrected chi connectivity index (χ1v) is 8.79. The maximum atomic E-state index is 11.9. The quantitative estimate of drug-likeness (QED) is 0.532. The number of amides is 1. The van der Waals surface area contributed by atoms with Crippen LogP contribution in [-0.2, 0) is 0 Å². The van der Waals surface area contributed by atoms with Gasteiger partial charge in [-0.3, -0.25) is 0 Å². The number of nitrogens with two attached hydrogens (primary N) is 1. The second-order valence-electron chi connectivity index (χ2n) is 6.92. The molecule has 0 unspecified atom stereocenters. The molecule has 27 heavy (non-hydrogen) atoms. The number of hydrogen-bond acceptors (Lipinski definition) is 4. The molecule has 0 radical (unpaired) electrons. The van der Waals surface area contributed by atoms with Gasteiger partial charge in [-0.15, -0.1) is 0 Å². The Labute approximate surface area is 157 Å². The van der Waals surface area contributed by atoms with Gasteiger partial charge in [-0.1, -0.05) is 24.3 Å². The van der Waals surface area contributed by atoms with Gasteiger partial charge in [0.15, 0.2) is 5.82 Å². The third kappa shape index (κ3) is 2.70. The molecule has 1 aromatic heterocycles. The summed E-state index contributed by atoms with van der Waals surface area (Å²) in [5, 5.41) is 7.62. The monoisotopic (exact) mass is 359 g/mol. The topological polar surface area (TPSA) is 85.3 Å². The molecule has 3 N–H and O–H groups in total. The Morgan fingerprint density at radius 2 is 1.70 bits per heavy atom. The summed E-state index contributed by atoms with van der Waals surface area (Å²) in [6.45, 7) is 8.03. The molecular weight excluding hydrogens is 338 g/mol. The number of aliphatic imine (C=N–C) groups is 1. The van der Waals surface area contributed by atoms with Crippen molar-refractivity contribution in [3.63, 3.8) is 0 Å². The summed E-state index contributed by atoms with van der Waals surface area (Å²) >= 11 is 0. The van der Waals surface area contributed by atoms with Gasteiger partial charge in [-0.05, 0) is 56.5 Å². The van der Waals surface area contributed by atoms with E-state index in [0.29, 0.717) is 17.2 Å². The largest absolute Gasteiger partial charge is 0.350 e. The van der Waals surface area contributed by atoms with Gasteiger partial charge >= 0.3 is 6.03 Å². The van der Waals surface area contributed by atoms with Crippen molar-refractivity contribution in [3.05, 3.63) is 69.9 Å². The van der Waals surface area contributed by atoms with Crippen LogP contribution < -0.4 is 11.1 Å². The summed E-state index contributed by atoms with van der Waals surface area (Å²) in [4.78, 5) is 16.8. The van der Waals surface area contributed by atoms with Crippen molar-refractivity contribution in [1.29, 1.82) is 0 Å². The average molecular weight is 359 g/mol. The minimum Gasteiger partial charge on any atom is -0.350 e. The van der Waals surface area contributed by atoms with E-state index in [2.05, 4.69) is 55.5 Å². The minimum absolute atomic E-state index is 0.494. The van der Waals surface area contributed by atoms with E-state index < -0.39 is 6.03 Å². The number of nitrogens with zero attached hydrogens (tertiary/aromatic N) is 3. The molecule has 2 heterocycles. The zero-order valence-corrected chi connectivity index (χ0v) is 15.8. The van der Waals surface area contributed by atoms with Gasteiger partial charge in [0.25, 0.3) is 0 Å². The number of anilines is 2. The molecule has 1 aliphatic rings. The first kappa shape index (κ1) is 17.0. The molecule has 0 atom stereocenters. The number of aryl methyl sites for hydroxylation is 4. The van der Waals surface area contributed by atoms with E-state index in [1.807, 2.05) is 19.1 Å². The Bertz CT molecular complexity index is 1120. The van der Waals surface area contributed by atoms with Crippen LogP contribution >= 0.6 is 0 Å². The summed E-state index contributed by atoms with van der Waals surface area (Å²) < 4.78 is 1.17. The number of aromatic nitrogens is 2. The highest BCUT2D eigenvalue weighted by molar-refractivity contribution is 6.19. The van der Waals surface area contributed by atoms with Crippen molar-refractivity contribution < 1.29 is 4.79 Å². The molecule has 4 rings (SSSR count). The first-order valence-electron chi connectivity index (χ1n) is 8.79. The Hall–Kier alpha value is -3.41. The van der Waals surface area contributed by atoms with Crippen LogP contribution in [0, 0.1) is 27.7 Å². The van der Waals surface area contributed by atoms with Crippen molar-refractivity contribution in [3.8, 4) is 0 Å². The van der Waals surface area contributed by atoms with E-state index in [1.165, 1.54) is 10.2 Å². The summed E-state index contributed by atoms with van der Waals surface area (Å²) in [7, 11) is 0. The van der Waals surface area contributed by atoms with Crippen LogP contribution in [0.5, 0.6) is 0 Å². The summed E-state index contributed by atoms with van der Waals surface area (Å²) in [6.07, 6.45) is 0. The summed E-state index contributed by atoms with van der Waals surface area (Å²) in [5.41, 5.74) is 14.0. The lowest BCUT2D eigenvalue weighted by Gasteiger charge is -2.15. The van der Waals surface area contributed by atoms with Crippen molar-refractivity contribution in [2.45, 2.75) is 27.7 Å². The number of fused-ring (bicyclic) bond motifs is 2. The fraction of sp³-hybridized carbons (Fsp3) is 0.190. The Morgan fingerprint density at radius 3 is 2.41 bits per heavy atom. The van der Waals surface area contributed by atoms with E-state index in [0.717, 1.165) is 33.7 Å². The zero-order chi connectivity index (χ0) is 19.3. The highest BCUT2D eigenvalue weighted by Crippen LogP contribution is 2.39. The molecule has 0 spiro atoms. The first-order chi connectivity index (χ1) is 12.9. The van der Waals surface area contributed by atoms with Gasteiger partial charge in [-0.2, -0.15) is 9.78 Å². The van der Waals surface area contributed by atoms with E-state index in [-0.39, 0.29) is 0 Å². The average Bonchev–Trinajstić information content (AvgIpc) is 2.83. The number of carbonyl (C=O) groups excluding carboxylic acids is 1. The molecule has 2 aromatic carbocycles. The highest BCUT2D eigenvalue weighted by atomic mass is 16.2. The highest BCUT2D eigenvalue weighted by Gasteiger charge is 2.25. The normalized spacial score (nSPS) is 12.5. The number of benzene rings is 2. The van der Waals surface area contributed by atoms with Gasteiger partial charge in [0.2, 0.25) is 0 Å². The lowest BCUT2D eigenvalue weighted by molar-refractivity contribution is 0.248. The van der Waals surface area contributed by atoms with Crippen molar-refractivity contribution >= 4 is 28.9 Å². The molecule has 0 fully saturated rings. The van der Waals surface area contributed by atoms with Crippen molar-refractivity contribution in [2.24, 2.45) is 10.7 Å². The van der Waals surface area contributed by atoms with Crippen LogP contribution in [0.2, 0.25) is 0 Å². The fourth-order valence-electron chi connectivity index (χ4n) is 3.38. The third-order valence-electron chi connectivity index (χ3n) is 5.00.